The largest absolute Gasteiger partial charge is 0.481 e. The van der Waals surface area contributed by atoms with E-state index in [2.05, 4.69) is 0 Å². The number of rotatable bonds is 3. The first-order valence-corrected chi connectivity index (χ1v) is 4.77. The molecule has 0 radical (unpaired) electrons. The van der Waals surface area contributed by atoms with E-state index in [1.807, 2.05) is 6.92 Å². The van der Waals surface area contributed by atoms with E-state index in [1.165, 1.54) is 0 Å². The lowest BCUT2D eigenvalue weighted by molar-refractivity contribution is -0.157. The molecule has 0 bridgehead atoms. The van der Waals surface area contributed by atoms with Crippen molar-refractivity contribution in [2.24, 2.45) is 5.92 Å². The summed E-state index contributed by atoms with van der Waals surface area (Å²) < 4.78 is 0. The Kier molecular flexibility index (Phi) is 3.46. The molecule has 2 N–H and O–H groups in total. The van der Waals surface area contributed by atoms with Gasteiger partial charge in [-0.3, -0.25) is 14.5 Å². The Morgan fingerprint density at radius 1 is 1.36 bits per heavy atom. The molecule has 2 unspecified atom stereocenters. The Hall–Kier alpha value is -1.10. The van der Waals surface area contributed by atoms with Gasteiger partial charge in [0.05, 0.1) is 5.92 Å². The maximum absolute atomic E-state index is 10.9. The smallest absolute Gasteiger partial charge is 0.321 e. The van der Waals surface area contributed by atoms with E-state index in [0.717, 1.165) is 6.42 Å². The molecule has 0 aromatic carbocycles. The van der Waals surface area contributed by atoms with Crippen LogP contribution in [0.15, 0.2) is 0 Å². The molecule has 1 aliphatic rings. The highest BCUT2D eigenvalue weighted by Gasteiger charge is 2.40. The molecular weight excluding hydrogens is 186 g/mol. The number of carboxylic acid groups (broad SMARTS) is 2. The molecule has 1 saturated heterocycles. The number of piperidine rings is 1. The Bertz CT molecular complexity index is 241. The van der Waals surface area contributed by atoms with Crippen molar-refractivity contribution >= 4 is 11.9 Å². The predicted octanol–water partition coefficient (Wildman–Crippen LogP) is 0.256. The number of carbonyl (C=O) groups is 2. The molecule has 5 nitrogen and oxygen atoms in total. The second-order valence-corrected chi connectivity index (χ2v) is 3.50. The number of likely N-dealkylation sites (N-methyl/N-ethyl adjacent to an activating group) is 1. The predicted molar refractivity (Wildman–Crippen MR) is 49.0 cm³/mol. The summed E-state index contributed by atoms with van der Waals surface area (Å²) in [5.74, 6) is -2.80. The van der Waals surface area contributed by atoms with Crippen molar-refractivity contribution in [1.82, 2.24) is 4.90 Å². The summed E-state index contributed by atoms with van der Waals surface area (Å²) in [4.78, 5) is 23.5. The zero-order chi connectivity index (χ0) is 10.7. The fraction of sp³-hybridized carbons (Fsp3) is 0.778. The monoisotopic (exact) mass is 201 g/mol. The van der Waals surface area contributed by atoms with Crippen LogP contribution >= 0.6 is 0 Å². The maximum Gasteiger partial charge on any atom is 0.321 e. The van der Waals surface area contributed by atoms with Crippen LogP contribution in [0.4, 0.5) is 0 Å². The lowest BCUT2D eigenvalue weighted by atomic mass is 9.89. The third kappa shape index (κ3) is 2.04. The number of carboxylic acids is 2. The summed E-state index contributed by atoms with van der Waals surface area (Å²) in [5.41, 5.74) is 0. The van der Waals surface area contributed by atoms with Crippen molar-refractivity contribution in [1.29, 1.82) is 0 Å². The first-order chi connectivity index (χ1) is 6.57. The second-order valence-electron chi connectivity index (χ2n) is 3.50. The normalized spacial score (nSPS) is 28.6. The molecule has 14 heavy (non-hydrogen) atoms. The average Bonchev–Trinajstić information content (AvgIpc) is 2.16. The van der Waals surface area contributed by atoms with Gasteiger partial charge in [-0.25, -0.2) is 0 Å². The maximum atomic E-state index is 10.9. The molecule has 0 amide bonds. The quantitative estimate of drug-likeness (QED) is 0.684. The van der Waals surface area contributed by atoms with Gasteiger partial charge in [-0.05, 0) is 25.9 Å². The topological polar surface area (TPSA) is 77.8 Å². The number of aliphatic carboxylic acids is 2. The van der Waals surface area contributed by atoms with Gasteiger partial charge in [0.1, 0.15) is 6.04 Å². The van der Waals surface area contributed by atoms with E-state index in [0.29, 0.717) is 19.5 Å². The number of nitrogens with zero attached hydrogens (tertiary/aromatic N) is 1. The molecule has 1 rings (SSSR count). The van der Waals surface area contributed by atoms with Crippen LogP contribution < -0.4 is 0 Å². The fourth-order valence-electron chi connectivity index (χ4n) is 2.01. The molecule has 80 valence electrons. The van der Waals surface area contributed by atoms with Crippen molar-refractivity contribution in [3.8, 4) is 0 Å². The summed E-state index contributed by atoms with van der Waals surface area (Å²) >= 11 is 0. The first-order valence-electron chi connectivity index (χ1n) is 4.77. The average molecular weight is 201 g/mol. The minimum atomic E-state index is -1.03. The van der Waals surface area contributed by atoms with Gasteiger partial charge in [-0.15, -0.1) is 0 Å². The Labute approximate surface area is 82.3 Å². The molecule has 0 aromatic heterocycles. The van der Waals surface area contributed by atoms with Crippen LogP contribution in [0.1, 0.15) is 19.8 Å². The standard InChI is InChI=1S/C9H15NO4/c1-2-10-5-3-4-6(8(11)12)7(10)9(13)14/h6-7H,2-5H2,1H3,(H,11,12)(H,13,14). The summed E-state index contributed by atoms with van der Waals surface area (Å²) in [7, 11) is 0. The van der Waals surface area contributed by atoms with Crippen LogP contribution in [0, 0.1) is 5.92 Å². The van der Waals surface area contributed by atoms with E-state index in [1.54, 1.807) is 4.90 Å². The first kappa shape index (κ1) is 11.0. The molecular formula is C9H15NO4. The molecule has 1 aliphatic heterocycles. The molecule has 2 atom stereocenters. The molecule has 0 spiro atoms. The Balaban J connectivity index is 2.83. The summed E-state index contributed by atoms with van der Waals surface area (Å²) in [6.45, 7) is 3.11. The minimum Gasteiger partial charge on any atom is -0.481 e. The van der Waals surface area contributed by atoms with Crippen molar-refractivity contribution in [2.75, 3.05) is 13.1 Å². The van der Waals surface area contributed by atoms with Crippen molar-refractivity contribution < 1.29 is 19.8 Å². The van der Waals surface area contributed by atoms with Crippen molar-refractivity contribution in [3.05, 3.63) is 0 Å². The van der Waals surface area contributed by atoms with Gasteiger partial charge in [0, 0.05) is 0 Å². The zero-order valence-corrected chi connectivity index (χ0v) is 8.14. The molecule has 1 heterocycles. The minimum absolute atomic E-state index is 0.461. The van der Waals surface area contributed by atoms with Gasteiger partial charge >= 0.3 is 11.9 Å². The highest BCUT2D eigenvalue weighted by atomic mass is 16.4. The second kappa shape index (κ2) is 4.41. The Morgan fingerprint density at radius 2 is 2.00 bits per heavy atom. The molecule has 1 fully saturated rings. The van der Waals surface area contributed by atoms with Gasteiger partial charge in [-0.2, -0.15) is 0 Å². The van der Waals surface area contributed by atoms with E-state index in [-0.39, 0.29) is 0 Å². The van der Waals surface area contributed by atoms with E-state index in [4.69, 9.17) is 10.2 Å². The van der Waals surface area contributed by atoms with Crippen LogP contribution in [-0.2, 0) is 9.59 Å². The lowest BCUT2D eigenvalue weighted by Gasteiger charge is -2.35. The van der Waals surface area contributed by atoms with Crippen LogP contribution in [0.5, 0.6) is 0 Å². The third-order valence-corrected chi connectivity index (χ3v) is 2.71. The molecule has 5 heteroatoms. The fourth-order valence-corrected chi connectivity index (χ4v) is 2.01. The molecule has 0 saturated carbocycles. The van der Waals surface area contributed by atoms with Crippen LogP contribution in [0.25, 0.3) is 0 Å². The number of likely N-dealkylation sites (tertiary alicyclic amines) is 1. The highest BCUT2D eigenvalue weighted by molar-refractivity contribution is 5.82. The molecule has 0 aliphatic carbocycles. The van der Waals surface area contributed by atoms with Crippen molar-refractivity contribution in [2.45, 2.75) is 25.8 Å². The Morgan fingerprint density at radius 3 is 2.43 bits per heavy atom. The van der Waals surface area contributed by atoms with Crippen molar-refractivity contribution in [3.63, 3.8) is 0 Å². The summed E-state index contributed by atoms with van der Waals surface area (Å²) in [6.07, 6.45) is 1.22. The molecule has 0 aromatic rings. The van der Waals surface area contributed by atoms with E-state index in [9.17, 15) is 9.59 Å². The third-order valence-electron chi connectivity index (χ3n) is 2.71. The van der Waals surface area contributed by atoms with E-state index < -0.39 is 23.9 Å². The van der Waals surface area contributed by atoms with Gasteiger partial charge in [0.15, 0.2) is 0 Å². The zero-order valence-electron chi connectivity index (χ0n) is 8.14. The van der Waals surface area contributed by atoms with Gasteiger partial charge in [0.2, 0.25) is 0 Å². The van der Waals surface area contributed by atoms with Crippen LogP contribution in [0.3, 0.4) is 0 Å². The van der Waals surface area contributed by atoms with Crippen LogP contribution in [0.2, 0.25) is 0 Å². The number of hydrogen-bond acceptors (Lipinski definition) is 3. The SMILES string of the molecule is CCN1CCCC(C(=O)O)C1C(=O)O. The highest BCUT2D eigenvalue weighted by Crippen LogP contribution is 2.23. The van der Waals surface area contributed by atoms with Crippen LogP contribution in [-0.4, -0.2) is 46.2 Å². The van der Waals surface area contributed by atoms with E-state index >= 15 is 0 Å². The summed E-state index contributed by atoms with van der Waals surface area (Å²) in [5, 5.41) is 17.8. The van der Waals surface area contributed by atoms with Gasteiger partial charge < -0.3 is 10.2 Å². The van der Waals surface area contributed by atoms with Gasteiger partial charge in [0.25, 0.3) is 0 Å². The lowest BCUT2D eigenvalue weighted by Crippen LogP contribution is -2.52. The summed E-state index contributed by atoms with van der Waals surface area (Å²) in [6, 6.07) is -0.855. The number of hydrogen-bond donors (Lipinski definition) is 2. The van der Waals surface area contributed by atoms with Gasteiger partial charge in [-0.1, -0.05) is 6.92 Å².